The van der Waals surface area contributed by atoms with E-state index in [4.69, 9.17) is 5.73 Å². The van der Waals surface area contributed by atoms with Gasteiger partial charge < -0.3 is 5.73 Å². The second-order valence-corrected chi connectivity index (χ2v) is 8.47. The number of nitrogens with zero attached hydrogens (tertiary/aromatic N) is 2. The van der Waals surface area contributed by atoms with Crippen LogP contribution in [0.25, 0.3) is 10.8 Å². The Morgan fingerprint density at radius 3 is 2.11 bits per heavy atom. The fourth-order valence-electron chi connectivity index (χ4n) is 4.34. The smallest absolute Gasteiger partial charge is 0.330 e. The SMILES string of the molecule is Nc1c(N(Cc2ccccc2)C(=O)c2cccc3ccccc23)c(=O)[nH]c(=O)n1Cc1ccccc1. The Hall–Kier alpha value is -4.91. The van der Waals surface area contributed by atoms with Gasteiger partial charge in [0.15, 0.2) is 5.69 Å². The number of nitrogens with one attached hydrogen (secondary N) is 1. The Balaban J connectivity index is 1.68. The summed E-state index contributed by atoms with van der Waals surface area (Å²) in [6.45, 7) is 0.247. The normalized spacial score (nSPS) is 10.9. The molecule has 4 aromatic carbocycles. The maximum atomic E-state index is 14.1. The Kier molecular flexibility index (Phi) is 6.19. The van der Waals surface area contributed by atoms with Crippen molar-refractivity contribution < 1.29 is 4.79 Å². The molecule has 3 N–H and O–H groups in total. The van der Waals surface area contributed by atoms with E-state index in [-0.39, 0.29) is 24.6 Å². The second kappa shape index (κ2) is 9.76. The third-order valence-corrected chi connectivity index (χ3v) is 6.12. The average Bonchev–Trinajstić information content (AvgIpc) is 2.91. The first-order valence-electron chi connectivity index (χ1n) is 11.5. The zero-order valence-electron chi connectivity index (χ0n) is 19.4. The van der Waals surface area contributed by atoms with Crippen LogP contribution in [0.4, 0.5) is 11.5 Å². The molecule has 7 heteroatoms. The van der Waals surface area contributed by atoms with E-state index in [1.807, 2.05) is 91.0 Å². The van der Waals surface area contributed by atoms with Crippen LogP contribution in [0.2, 0.25) is 0 Å². The molecular weight excluding hydrogens is 452 g/mol. The van der Waals surface area contributed by atoms with Crippen LogP contribution in [0.5, 0.6) is 0 Å². The molecule has 0 atom stereocenters. The maximum Gasteiger partial charge on any atom is 0.330 e. The lowest BCUT2D eigenvalue weighted by Crippen LogP contribution is -2.41. The Morgan fingerprint density at radius 1 is 0.778 bits per heavy atom. The van der Waals surface area contributed by atoms with E-state index < -0.39 is 17.2 Å². The predicted octanol–water partition coefficient (Wildman–Crippen LogP) is 4.17. The van der Waals surface area contributed by atoms with Crippen LogP contribution in [0.3, 0.4) is 0 Å². The molecular formula is C29H24N4O3. The van der Waals surface area contributed by atoms with Crippen LogP contribution in [-0.2, 0) is 13.1 Å². The summed E-state index contributed by atoms with van der Waals surface area (Å²) in [5.74, 6) is -0.463. The number of nitrogens with two attached hydrogens (primary N) is 1. The number of aromatic amines is 1. The molecule has 5 rings (SSSR count). The molecule has 0 aliphatic carbocycles. The van der Waals surface area contributed by atoms with Crippen LogP contribution in [0, 0.1) is 0 Å². The number of benzene rings is 4. The van der Waals surface area contributed by atoms with Crippen LogP contribution in [-0.4, -0.2) is 15.5 Å². The number of nitrogen functional groups attached to an aromatic ring is 1. The van der Waals surface area contributed by atoms with Gasteiger partial charge >= 0.3 is 5.69 Å². The van der Waals surface area contributed by atoms with Gasteiger partial charge in [0, 0.05) is 5.56 Å². The first-order valence-corrected chi connectivity index (χ1v) is 11.5. The van der Waals surface area contributed by atoms with Gasteiger partial charge in [-0.3, -0.25) is 24.0 Å². The highest BCUT2D eigenvalue weighted by Crippen LogP contribution is 2.26. The number of carbonyl (C=O) groups excluding carboxylic acids is 1. The molecule has 0 fully saturated rings. The molecule has 178 valence electrons. The molecule has 1 aromatic heterocycles. The Morgan fingerprint density at radius 2 is 1.39 bits per heavy atom. The van der Waals surface area contributed by atoms with Crippen molar-refractivity contribution in [1.82, 2.24) is 9.55 Å². The molecule has 0 saturated heterocycles. The number of rotatable bonds is 6. The summed E-state index contributed by atoms with van der Waals surface area (Å²) in [5.41, 5.74) is 7.13. The predicted molar refractivity (Wildman–Crippen MR) is 142 cm³/mol. The fraction of sp³-hybridized carbons (Fsp3) is 0.0690. The lowest BCUT2D eigenvalue weighted by molar-refractivity contribution is 0.0986. The fourth-order valence-corrected chi connectivity index (χ4v) is 4.34. The van der Waals surface area contributed by atoms with E-state index in [0.29, 0.717) is 5.56 Å². The molecule has 0 radical (unpaired) electrons. The molecule has 0 saturated carbocycles. The van der Waals surface area contributed by atoms with Crippen molar-refractivity contribution in [3.8, 4) is 0 Å². The molecule has 1 amide bonds. The van der Waals surface area contributed by atoms with Crippen LogP contribution < -0.4 is 21.9 Å². The van der Waals surface area contributed by atoms with E-state index in [0.717, 1.165) is 21.9 Å². The highest BCUT2D eigenvalue weighted by atomic mass is 16.2. The van der Waals surface area contributed by atoms with Gasteiger partial charge in [0.05, 0.1) is 13.1 Å². The van der Waals surface area contributed by atoms with Gasteiger partial charge in [-0.15, -0.1) is 0 Å². The Labute approximate surface area is 207 Å². The third kappa shape index (κ3) is 4.42. The van der Waals surface area contributed by atoms with Crippen molar-refractivity contribution in [2.24, 2.45) is 0 Å². The minimum atomic E-state index is -0.716. The van der Waals surface area contributed by atoms with E-state index in [1.165, 1.54) is 9.47 Å². The lowest BCUT2D eigenvalue weighted by Gasteiger charge is -2.25. The number of fused-ring (bicyclic) bond motifs is 1. The maximum absolute atomic E-state index is 14.1. The number of aromatic nitrogens is 2. The highest BCUT2D eigenvalue weighted by molar-refractivity contribution is 6.14. The number of anilines is 2. The first-order chi connectivity index (χ1) is 17.5. The van der Waals surface area contributed by atoms with E-state index in [1.54, 1.807) is 12.1 Å². The standard InChI is InChI=1S/C29H24N4O3/c30-26-25(27(34)31-29(36)33(26)19-21-12-5-2-6-13-21)32(18-20-10-3-1-4-11-20)28(35)24-17-9-15-22-14-7-8-16-23(22)24/h1-17H,18-19,30H2,(H,31,34,36). The van der Waals surface area contributed by atoms with Crippen LogP contribution in [0.1, 0.15) is 21.5 Å². The average molecular weight is 477 g/mol. The van der Waals surface area contributed by atoms with Crippen molar-refractivity contribution in [1.29, 1.82) is 0 Å². The number of carbonyl (C=O) groups is 1. The molecule has 0 aliphatic rings. The zero-order chi connectivity index (χ0) is 25.1. The molecule has 36 heavy (non-hydrogen) atoms. The summed E-state index contributed by atoms with van der Waals surface area (Å²) in [6.07, 6.45) is 0. The largest absolute Gasteiger partial charge is 0.383 e. The van der Waals surface area contributed by atoms with Crippen LogP contribution >= 0.6 is 0 Å². The summed E-state index contributed by atoms with van der Waals surface area (Å²) in [4.78, 5) is 43.7. The summed E-state index contributed by atoms with van der Waals surface area (Å²) in [6, 6.07) is 31.7. The van der Waals surface area contributed by atoms with Crippen LogP contribution in [0.15, 0.2) is 113 Å². The molecule has 1 heterocycles. The zero-order valence-corrected chi connectivity index (χ0v) is 19.4. The highest BCUT2D eigenvalue weighted by Gasteiger charge is 2.26. The second-order valence-electron chi connectivity index (χ2n) is 8.47. The summed E-state index contributed by atoms with van der Waals surface area (Å²) in [7, 11) is 0. The minimum absolute atomic E-state index is 0.0627. The quantitative estimate of drug-likeness (QED) is 0.384. The minimum Gasteiger partial charge on any atom is -0.383 e. The molecule has 0 unspecified atom stereocenters. The number of hydrogen-bond donors (Lipinski definition) is 2. The summed E-state index contributed by atoms with van der Waals surface area (Å²) < 4.78 is 1.28. The number of hydrogen-bond acceptors (Lipinski definition) is 4. The van der Waals surface area contributed by atoms with Gasteiger partial charge in [-0.05, 0) is 28.0 Å². The topological polar surface area (TPSA) is 101 Å². The van der Waals surface area contributed by atoms with Crippen molar-refractivity contribution in [2.75, 3.05) is 10.6 Å². The van der Waals surface area contributed by atoms with Crippen molar-refractivity contribution in [3.63, 3.8) is 0 Å². The van der Waals surface area contributed by atoms with Gasteiger partial charge in [0.1, 0.15) is 5.82 Å². The molecule has 0 aliphatic heterocycles. The number of amides is 1. The molecule has 7 nitrogen and oxygen atoms in total. The lowest BCUT2D eigenvalue weighted by atomic mass is 10.0. The summed E-state index contributed by atoms with van der Waals surface area (Å²) in [5, 5.41) is 1.66. The Bertz CT molecular complexity index is 1650. The first kappa shape index (κ1) is 22.9. The van der Waals surface area contributed by atoms with Crippen molar-refractivity contribution >= 4 is 28.2 Å². The molecule has 0 bridgehead atoms. The monoisotopic (exact) mass is 476 g/mol. The molecule has 5 aromatic rings. The van der Waals surface area contributed by atoms with E-state index >= 15 is 0 Å². The van der Waals surface area contributed by atoms with Gasteiger partial charge in [0.2, 0.25) is 0 Å². The van der Waals surface area contributed by atoms with Gasteiger partial charge in [0.25, 0.3) is 11.5 Å². The van der Waals surface area contributed by atoms with Gasteiger partial charge in [-0.1, -0.05) is 97.1 Å². The van der Waals surface area contributed by atoms with E-state index in [2.05, 4.69) is 4.98 Å². The van der Waals surface area contributed by atoms with Crippen molar-refractivity contribution in [3.05, 3.63) is 141 Å². The third-order valence-electron chi connectivity index (χ3n) is 6.12. The van der Waals surface area contributed by atoms with Gasteiger partial charge in [-0.25, -0.2) is 4.79 Å². The number of H-pyrrole nitrogens is 1. The van der Waals surface area contributed by atoms with Crippen molar-refractivity contribution in [2.45, 2.75) is 13.1 Å². The van der Waals surface area contributed by atoms with E-state index in [9.17, 15) is 14.4 Å². The summed E-state index contributed by atoms with van der Waals surface area (Å²) >= 11 is 0. The van der Waals surface area contributed by atoms with Gasteiger partial charge in [-0.2, -0.15) is 0 Å². The molecule has 0 spiro atoms.